The first-order chi connectivity index (χ1) is 23.2. The van der Waals surface area contributed by atoms with Crippen molar-refractivity contribution in [2.24, 2.45) is 5.92 Å². The third-order valence-electron chi connectivity index (χ3n) is 9.97. The topological polar surface area (TPSA) is 119 Å². The van der Waals surface area contributed by atoms with Crippen LogP contribution in [0.25, 0.3) is 5.69 Å². The summed E-state index contributed by atoms with van der Waals surface area (Å²) in [4.78, 5) is 57.8. The van der Waals surface area contributed by atoms with E-state index in [1.54, 1.807) is 48.5 Å². The Hall–Kier alpha value is -5.61. The van der Waals surface area contributed by atoms with Gasteiger partial charge in [0.25, 0.3) is 11.8 Å². The predicted octanol–water partition coefficient (Wildman–Crippen LogP) is 5.09. The van der Waals surface area contributed by atoms with Crippen LogP contribution >= 0.6 is 11.6 Å². The highest BCUT2D eigenvalue weighted by Gasteiger charge is 2.69. The number of anilines is 1. The number of aryl methyl sites for hydroxylation is 1. The highest BCUT2D eigenvalue weighted by atomic mass is 35.5. The molecule has 0 spiro atoms. The van der Waals surface area contributed by atoms with E-state index in [0.29, 0.717) is 28.1 Å². The molecule has 1 saturated carbocycles. The van der Waals surface area contributed by atoms with Crippen molar-refractivity contribution in [3.8, 4) is 11.4 Å². The Morgan fingerprint density at radius 3 is 2.23 bits per heavy atom. The van der Waals surface area contributed by atoms with Crippen LogP contribution in [0.4, 0.5) is 5.69 Å². The number of amides is 2. The fourth-order valence-corrected chi connectivity index (χ4v) is 8.19. The van der Waals surface area contributed by atoms with E-state index in [1.165, 1.54) is 21.5 Å². The number of rotatable bonds is 5. The number of benzene rings is 4. The Morgan fingerprint density at radius 2 is 1.54 bits per heavy atom. The van der Waals surface area contributed by atoms with Crippen LogP contribution in [0.3, 0.4) is 0 Å². The molecule has 11 heteroatoms. The van der Waals surface area contributed by atoms with Crippen molar-refractivity contribution >= 4 is 29.1 Å². The fraction of sp³-hybridized carbons (Fsp3) is 0.189. The zero-order valence-corrected chi connectivity index (χ0v) is 26.5. The average Bonchev–Trinajstić information content (AvgIpc) is 3.47. The summed E-state index contributed by atoms with van der Waals surface area (Å²) in [6.45, 7) is 2.01. The number of phenolic OH excluding ortho intramolecular Hbond substituents is 1. The number of hydrazine groups is 1. The first-order valence-electron chi connectivity index (χ1n) is 15.7. The first kappa shape index (κ1) is 29.8. The Bertz CT molecular complexity index is 2260. The predicted molar refractivity (Wildman–Crippen MR) is 180 cm³/mol. The van der Waals surface area contributed by atoms with Gasteiger partial charge < -0.3 is 5.11 Å². The number of hydrogen-bond donors (Lipinski definition) is 2. The SMILES string of the molecule is Cc1ccc(NN2C(=O)[C@@H]3C[C@@H]4C(=CCn5c(=O)n(-c6ccccc6)c(=O)n54)[C@H](c4ccc(O)cc4Cl)[C@]3(c3ccccc3)C2=O)cc1. The number of aromatic nitrogens is 3. The molecule has 240 valence electrons. The second kappa shape index (κ2) is 11.0. The molecule has 0 bridgehead atoms. The molecule has 4 atom stereocenters. The monoisotopic (exact) mass is 659 g/mol. The molecule has 2 N–H and O–H groups in total. The third-order valence-corrected chi connectivity index (χ3v) is 10.3. The second-order valence-electron chi connectivity index (χ2n) is 12.5. The standard InChI is InChI=1S/C37H30ClN5O5/c1-22-12-14-24(15-13-22)39-42-33(45)29-21-31-28(18-19-40-35(47)41(36(48)43(31)40)25-10-6-3-7-11-25)32(27-17-16-26(44)20-30(27)38)37(29,34(42)46)23-8-4-2-5-9-23/h2-18,20,29,31-32,39,44H,19,21H2,1H3/t29-,31+,32-,37+/m0/s1. The van der Waals surface area contributed by atoms with E-state index in [0.717, 1.165) is 15.1 Å². The smallest absolute Gasteiger partial charge is 0.352 e. The fourth-order valence-electron chi connectivity index (χ4n) is 7.90. The van der Waals surface area contributed by atoms with Gasteiger partial charge in [-0.3, -0.25) is 15.0 Å². The van der Waals surface area contributed by atoms with Gasteiger partial charge in [0.15, 0.2) is 0 Å². The Balaban J connectivity index is 1.38. The molecule has 1 saturated heterocycles. The maximum atomic E-state index is 15.1. The number of fused-ring (bicyclic) bond motifs is 4. The van der Waals surface area contributed by atoms with Gasteiger partial charge in [0.2, 0.25) is 0 Å². The minimum atomic E-state index is -1.48. The van der Waals surface area contributed by atoms with Crippen LogP contribution in [0.5, 0.6) is 5.75 Å². The van der Waals surface area contributed by atoms with Crippen LogP contribution < -0.4 is 16.8 Å². The van der Waals surface area contributed by atoms with Gasteiger partial charge in [-0.25, -0.2) is 23.5 Å². The molecule has 3 heterocycles. The van der Waals surface area contributed by atoms with E-state index in [9.17, 15) is 19.5 Å². The number of imide groups is 1. The number of phenols is 1. The lowest BCUT2D eigenvalue weighted by molar-refractivity contribution is -0.138. The molecule has 1 aliphatic carbocycles. The van der Waals surface area contributed by atoms with Crippen molar-refractivity contribution in [1.29, 1.82) is 0 Å². The Morgan fingerprint density at radius 1 is 0.854 bits per heavy atom. The summed E-state index contributed by atoms with van der Waals surface area (Å²) in [7, 11) is 0. The number of carbonyl (C=O) groups is 2. The van der Waals surface area contributed by atoms with Gasteiger partial charge in [0, 0.05) is 10.9 Å². The Kier molecular flexibility index (Phi) is 6.81. The van der Waals surface area contributed by atoms with Crippen LogP contribution in [0.1, 0.15) is 35.1 Å². The largest absolute Gasteiger partial charge is 0.508 e. The minimum absolute atomic E-state index is 0.0551. The minimum Gasteiger partial charge on any atom is -0.508 e. The van der Waals surface area contributed by atoms with E-state index in [1.807, 2.05) is 55.5 Å². The van der Waals surface area contributed by atoms with Crippen LogP contribution in [0.15, 0.2) is 124 Å². The molecule has 0 unspecified atom stereocenters. The molecule has 2 amide bonds. The van der Waals surface area contributed by atoms with E-state index in [2.05, 4.69) is 5.43 Å². The molecule has 5 aromatic rings. The molecule has 1 aromatic heterocycles. The van der Waals surface area contributed by atoms with Gasteiger partial charge in [0.1, 0.15) is 5.75 Å². The summed E-state index contributed by atoms with van der Waals surface area (Å²) in [5.74, 6) is -2.78. The highest BCUT2D eigenvalue weighted by Crippen LogP contribution is 2.62. The highest BCUT2D eigenvalue weighted by molar-refractivity contribution is 6.31. The molecule has 8 rings (SSSR count). The lowest BCUT2D eigenvalue weighted by atomic mass is 9.53. The number of para-hydroxylation sites is 1. The molecule has 0 radical (unpaired) electrons. The molecule has 3 aliphatic rings. The van der Waals surface area contributed by atoms with E-state index in [-0.39, 0.29) is 23.7 Å². The van der Waals surface area contributed by atoms with Gasteiger partial charge in [0.05, 0.1) is 35.3 Å². The summed E-state index contributed by atoms with van der Waals surface area (Å²) in [6.07, 6.45) is 1.95. The third kappa shape index (κ3) is 4.18. The zero-order valence-electron chi connectivity index (χ0n) is 25.8. The van der Waals surface area contributed by atoms with Crippen molar-refractivity contribution < 1.29 is 14.7 Å². The van der Waals surface area contributed by atoms with Gasteiger partial charge in [-0.2, -0.15) is 5.01 Å². The summed E-state index contributed by atoms with van der Waals surface area (Å²) in [5, 5.41) is 11.6. The number of hydrogen-bond acceptors (Lipinski definition) is 6. The second-order valence-corrected chi connectivity index (χ2v) is 12.9. The molecular formula is C37H30ClN5O5. The van der Waals surface area contributed by atoms with E-state index in [4.69, 9.17) is 11.6 Å². The van der Waals surface area contributed by atoms with Crippen LogP contribution in [0.2, 0.25) is 5.02 Å². The normalized spacial score (nSPS) is 22.9. The number of nitrogens with one attached hydrogen (secondary N) is 1. The van der Waals surface area contributed by atoms with Gasteiger partial charge in [-0.05, 0) is 66.4 Å². The average molecular weight is 660 g/mol. The summed E-state index contributed by atoms with van der Waals surface area (Å²) >= 11 is 6.90. The van der Waals surface area contributed by atoms with E-state index >= 15 is 4.79 Å². The van der Waals surface area contributed by atoms with Gasteiger partial charge >= 0.3 is 11.4 Å². The quantitative estimate of drug-likeness (QED) is 0.201. The van der Waals surface area contributed by atoms with Crippen molar-refractivity contribution in [3.05, 3.63) is 157 Å². The Labute approximate surface area is 279 Å². The number of allylic oxidation sites excluding steroid dienone is 2. The number of nitrogens with zero attached hydrogens (tertiary/aromatic N) is 4. The van der Waals surface area contributed by atoms with Gasteiger partial charge in [-0.15, -0.1) is 0 Å². The van der Waals surface area contributed by atoms with Crippen molar-refractivity contribution in [2.45, 2.75) is 37.3 Å². The number of carbonyl (C=O) groups excluding carboxylic acids is 2. The molecule has 10 nitrogen and oxygen atoms in total. The lowest BCUT2D eigenvalue weighted by Gasteiger charge is -2.49. The van der Waals surface area contributed by atoms with Crippen LogP contribution in [-0.4, -0.2) is 35.9 Å². The van der Waals surface area contributed by atoms with E-state index < -0.39 is 46.5 Å². The lowest BCUT2D eigenvalue weighted by Crippen LogP contribution is -2.53. The van der Waals surface area contributed by atoms with Gasteiger partial charge in [-0.1, -0.05) is 90.0 Å². The first-order valence-corrected chi connectivity index (χ1v) is 16.0. The summed E-state index contributed by atoms with van der Waals surface area (Å²) in [5.41, 5.74) is 4.38. The maximum Gasteiger partial charge on any atom is 0.352 e. The molecule has 4 aromatic carbocycles. The summed E-state index contributed by atoms with van der Waals surface area (Å²) in [6, 6.07) is 29.1. The van der Waals surface area contributed by atoms with Crippen molar-refractivity contribution in [1.82, 2.24) is 18.9 Å². The number of aromatic hydroxyl groups is 1. The molecule has 2 aliphatic heterocycles. The van der Waals surface area contributed by atoms with Crippen molar-refractivity contribution in [2.75, 3.05) is 5.43 Å². The van der Waals surface area contributed by atoms with Crippen LogP contribution in [-0.2, 0) is 21.5 Å². The summed E-state index contributed by atoms with van der Waals surface area (Å²) < 4.78 is 3.94. The zero-order chi connectivity index (χ0) is 33.3. The molecular weight excluding hydrogens is 630 g/mol. The van der Waals surface area contributed by atoms with Crippen molar-refractivity contribution in [3.63, 3.8) is 0 Å². The maximum absolute atomic E-state index is 15.1. The van der Waals surface area contributed by atoms with Crippen LogP contribution in [0, 0.1) is 12.8 Å². The molecule has 48 heavy (non-hydrogen) atoms. The molecule has 2 fully saturated rings. The number of halogens is 1.